The molecule has 4 saturated heterocycles. The number of piperazine rings is 1. The van der Waals surface area contributed by atoms with Gasteiger partial charge in [-0.15, -0.1) is 0 Å². The first-order chi connectivity index (χ1) is 13.8. The zero-order valence-corrected chi connectivity index (χ0v) is 18.2. The van der Waals surface area contributed by atoms with E-state index >= 15 is 0 Å². The molecule has 0 aromatic heterocycles. The normalized spacial score (nSPS) is 38.3. The van der Waals surface area contributed by atoms with Crippen LogP contribution in [0.5, 0.6) is 0 Å². The Hall–Kier alpha value is -1.22. The van der Waals surface area contributed by atoms with Crippen molar-refractivity contribution in [1.82, 2.24) is 20.0 Å². The second-order valence-corrected chi connectivity index (χ2v) is 9.73. The summed E-state index contributed by atoms with van der Waals surface area (Å²) in [6.07, 6.45) is 2.49. The molecule has 4 aliphatic heterocycles. The van der Waals surface area contributed by atoms with Crippen molar-refractivity contribution in [3.8, 4) is 0 Å². The van der Waals surface area contributed by atoms with E-state index in [9.17, 15) is 9.59 Å². The number of carbonyl (C=O) groups is 2. The lowest BCUT2D eigenvalue weighted by atomic mass is 9.96. The molecule has 0 bridgehead atoms. The summed E-state index contributed by atoms with van der Waals surface area (Å²) in [5, 5.41) is 3.29. The molecule has 0 radical (unpaired) electrons. The molecule has 8 heteroatoms. The minimum absolute atomic E-state index is 0.0313. The first-order valence-electron chi connectivity index (χ1n) is 11.1. The predicted molar refractivity (Wildman–Crippen MR) is 108 cm³/mol. The number of hydrogen-bond acceptors (Lipinski definition) is 6. The van der Waals surface area contributed by atoms with Gasteiger partial charge in [-0.05, 0) is 26.3 Å². The van der Waals surface area contributed by atoms with Gasteiger partial charge >= 0.3 is 0 Å². The number of likely N-dealkylation sites (tertiary alicyclic amines) is 2. The van der Waals surface area contributed by atoms with Crippen LogP contribution in [0.15, 0.2) is 0 Å². The van der Waals surface area contributed by atoms with Gasteiger partial charge < -0.3 is 29.5 Å². The van der Waals surface area contributed by atoms with Crippen LogP contribution < -0.4 is 5.32 Å². The summed E-state index contributed by atoms with van der Waals surface area (Å²) in [4.78, 5) is 31.6. The Morgan fingerprint density at radius 3 is 2.55 bits per heavy atom. The van der Waals surface area contributed by atoms with Crippen molar-refractivity contribution in [1.29, 1.82) is 0 Å². The number of hydrogen-bond donors (Lipinski definition) is 1. The lowest BCUT2D eigenvalue weighted by Crippen LogP contribution is -2.59. The average Bonchev–Trinajstić information content (AvgIpc) is 3.11. The van der Waals surface area contributed by atoms with Gasteiger partial charge in [0.1, 0.15) is 12.2 Å². The van der Waals surface area contributed by atoms with Crippen molar-refractivity contribution >= 4 is 11.8 Å². The van der Waals surface area contributed by atoms with Crippen LogP contribution in [0.25, 0.3) is 0 Å². The van der Waals surface area contributed by atoms with E-state index in [4.69, 9.17) is 9.47 Å². The highest BCUT2D eigenvalue weighted by Gasteiger charge is 2.53. The first-order valence-corrected chi connectivity index (χ1v) is 11.1. The first kappa shape index (κ1) is 21.0. The molecule has 4 rings (SSSR count). The fraction of sp³-hybridized carbons (Fsp3) is 0.905. The molecule has 4 atom stereocenters. The summed E-state index contributed by atoms with van der Waals surface area (Å²) >= 11 is 0. The van der Waals surface area contributed by atoms with Crippen molar-refractivity contribution in [2.24, 2.45) is 5.92 Å². The molecule has 4 heterocycles. The molecule has 4 unspecified atom stereocenters. The number of piperidine rings is 1. The number of amides is 2. The Kier molecular flexibility index (Phi) is 5.90. The lowest BCUT2D eigenvalue weighted by Gasteiger charge is -2.44. The molecule has 164 valence electrons. The van der Waals surface area contributed by atoms with Gasteiger partial charge in [-0.3, -0.25) is 9.59 Å². The van der Waals surface area contributed by atoms with Gasteiger partial charge in [-0.1, -0.05) is 13.8 Å². The smallest absolute Gasteiger partial charge is 0.242 e. The molecular weight excluding hydrogens is 372 g/mol. The molecule has 4 fully saturated rings. The fourth-order valence-corrected chi connectivity index (χ4v) is 5.35. The van der Waals surface area contributed by atoms with Gasteiger partial charge in [-0.2, -0.15) is 0 Å². The van der Waals surface area contributed by atoms with Gasteiger partial charge in [0.25, 0.3) is 0 Å². The molecule has 0 aromatic rings. The minimum Gasteiger partial charge on any atom is -0.342 e. The molecular formula is C21H36N4O4. The maximum atomic E-state index is 13.0. The number of rotatable bonds is 4. The number of fused-ring (bicyclic) bond motifs is 1. The Labute approximate surface area is 173 Å². The molecule has 8 nitrogen and oxygen atoms in total. The van der Waals surface area contributed by atoms with Crippen LogP contribution >= 0.6 is 0 Å². The Balaban J connectivity index is 1.32. The zero-order valence-electron chi connectivity index (χ0n) is 18.2. The highest BCUT2D eigenvalue weighted by molar-refractivity contribution is 5.88. The molecule has 1 spiro atoms. The molecule has 29 heavy (non-hydrogen) atoms. The van der Waals surface area contributed by atoms with Crippen LogP contribution in [-0.4, -0.2) is 103 Å². The molecule has 0 aromatic carbocycles. The standard InChI is InChI=1S/C21H36N4O4/c1-14(2)9-16-20(27)24(8-6-22-16)13-19(26)25-7-5-21(10-15(25)3)28-17-11-23(4)12-18(17)29-21/h14-18,22H,5-13H2,1-4H3. The number of carbonyl (C=O) groups excluding carboxylic acids is 2. The van der Waals surface area contributed by atoms with Crippen LogP contribution in [-0.2, 0) is 19.1 Å². The van der Waals surface area contributed by atoms with Crippen LogP contribution in [0.3, 0.4) is 0 Å². The topological polar surface area (TPSA) is 74.3 Å². The van der Waals surface area contributed by atoms with Crippen LogP contribution in [0, 0.1) is 5.92 Å². The van der Waals surface area contributed by atoms with Gasteiger partial charge in [0.15, 0.2) is 5.79 Å². The lowest BCUT2D eigenvalue weighted by molar-refractivity contribution is -0.216. The highest BCUT2D eigenvalue weighted by atomic mass is 16.8. The van der Waals surface area contributed by atoms with Crippen molar-refractivity contribution in [2.45, 2.75) is 70.1 Å². The molecule has 2 amide bonds. The van der Waals surface area contributed by atoms with Crippen LogP contribution in [0.4, 0.5) is 0 Å². The van der Waals surface area contributed by atoms with E-state index < -0.39 is 5.79 Å². The second-order valence-electron chi connectivity index (χ2n) is 9.73. The monoisotopic (exact) mass is 408 g/mol. The quantitative estimate of drug-likeness (QED) is 0.720. The van der Waals surface area contributed by atoms with E-state index in [1.54, 1.807) is 4.90 Å². The number of nitrogens with one attached hydrogen (secondary N) is 1. The van der Waals surface area contributed by atoms with Gasteiger partial charge in [0.2, 0.25) is 11.8 Å². The maximum Gasteiger partial charge on any atom is 0.242 e. The predicted octanol–water partition coefficient (Wildman–Crippen LogP) is 0.270. The van der Waals surface area contributed by atoms with E-state index in [0.717, 1.165) is 26.1 Å². The summed E-state index contributed by atoms with van der Waals surface area (Å²) in [5.41, 5.74) is 0. The summed E-state index contributed by atoms with van der Waals surface area (Å²) in [6, 6.07) is -0.131. The Morgan fingerprint density at radius 1 is 1.24 bits per heavy atom. The second kappa shape index (κ2) is 8.13. The average molecular weight is 409 g/mol. The number of nitrogens with zero attached hydrogens (tertiary/aromatic N) is 3. The largest absolute Gasteiger partial charge is 0.342 e. The van der Waals surface area contributed by atoms with Crippen LogP contribution in [0.1, 0.15) is 40.0 Å². The molecule has 0 saturated carbocycles. The molecule has 1 N–H and O–H groups in total. The van der Waals surface area contributed by atoms with E-state index in [0.29, 0.717) is 31.8 Å². The van der Waals surface area contributed by atoms with E-state index in [1.165, 1.54) is 0 Å². The Bertz CT molecular complexity index is 628. The van der Waals surface area contributed by atoms with Crippen molar-refractivity contribution in [3.63, 3.8) is 0 Å². The van der Waals surface area contributed by atoms with E-state index in [2.05, 4.69) is 38.0 Å². The van der Waals surface area contributed by atoms with Gasteiger partial charge in [-0.25, -0.2) is 0 Å². The summed E-state index contributed by atoms with van der Waals surface area (Å²) in [7, 11) is 2.09. The van der Waals surface area contributed by atoms with Gasteiger partial charge in [0.05, 0.1) is 12.6 Å². The third kappa shape index (κ3) is 4.31. The summed E-state index contributed by atoms with van der Waals surface area (Å²) in [6.45, 7) is 10.2. The van der Waals surface area contributed by atoms with Crippen molar-refractivity contribution in [2.75, 3.05) is 46.3 Å². The van der Waals surface area contributed by atoms with E-state index in [1.807, 2.05) is 4.90 Å². The maximum absolute atomic E-state index is 13.0. The van der Waals surface area contributed by atoms with E-state index in [-0.39, 0.29) is 42.7 Å². The van der Waals surface area contributed by atoms with Crippen LogP contribution in [0.2, 0.25) is 0 Å². The summed E-state index contributed by atoms with van der Waals surface area (Å²) in [5.74, 6) is -0.0150. The minimum atomic E-state index is -0.542. The SMILES string of the molecule is CC(C)CC1NCCN(CC(=O)N2CCC3(CC2C)OC2CN(C)CC2O3)C1=O. The third-order valence-electron chi connectivity index (χ3n) is 6.74. The third-order valence-corrected chi connectivity index (χ3v) is 6.74. The van der Waals surface area contributed by atoms with Crippen molar-refractivity contribution in [3.05, 3.63) is 0 Å². The van der Waals surface area contributed by atoms with Gasteiger partial charge in [0, 0.05) is 51.6 Å². The molecule has 0 aliphatic carbocycles. The summed E-state index contributed by atoms with van der Waals surface area (Å²) < 4.78 is 12.7. The fourth-order valence-electron chi connectivity index (χ4n) is 5.35. The molecule has 4 aliphatic rings. The zero-order chi connectivity index (χ0) is 20.8. The van der Waals surface area contributed by atoms with Crippen molar-refractivity contribution < 1.29 is 19.1 Å². The Morgan fingerprint density at radius 2 is 1.93 bits per heavy atom. The highest BCUT2D eigenvalue weighted by Crippen LogP contribution is 2.41. The number of likely N-dealkylation sites (N-methyl/N-ethyl adjacent to an activating group) is 1. The number of ether oxygens (including phenoxy) is 2.